The van der Waals surface area contributed by atoms with Gasteiger partial charge in [0, 0.05) is 11.3 Å². The minimum atomic E-state index is 0.580. The number of nitrogens with two attached hydrogens (primary N) is 1. The average molecular weight is 300 g/mol. The molecule has 0 radical (unpaired) electrons. The van der Waals surface area contributed by atoms with E-state index >= 15 is 0 Å². The molecule has 5 nitrogen and oxygen atoms in total. The first-order valence-electron chi connectivity index (χ1n) is 6.48. The Morgan fingerprint density at radius 1 is 1.14 bits per heavy atom. The van der Waals surface area contributed by atoms with Crippen molar-refractivity contribution in [3.05, 3.63) is 52.5 Å². The molecule has 0 aliphatic heterocycles. The van der Waals surface area contributed by atoms with Crippen molar-refractivity contribution in [2.45, 2.75) is 13.8 Å². The van der Waals surface area contributed by atoms with Crippen LogP contribution in [0.5, 0.6) is 0 Å². The van der Waals surface area contributed by atoms with E-state index in [2.05, 4.69) is 15.5 Å². The summed E-state index contributed by atoms with van der Waals surface area (Å²) in [7, 11) is 0. The van der Waals surface area contributed by atoms with Crippen molar-refractivity contribution in [1.29, 1.82) is 0 Å². The molecule has 0 aliphatic carbocycles. The summed E-state index contributed by atoms with van der Waals surface area (Å²) in [5.41, 5.74) is 10.3. The topological polar surface area (TPSA) is 69.6 Å². The fraction of sp³-hybridized carbons (Fsp3) is 0.133. The number of benzene rings is 2. The highest BCUT2D eigenvalue weighted by Crippen LogP contribution is 2.30. The molecule has 0 fully saturated rings. The Hall–Kier alpha value is -2.40. The van der Waals surface area contributed by atoms with Crippen LogP contribution in [0, 0.1) is 13.8 Å². The monoisotopic (exact) mass is 299 g/mol. The number of halogens is 1. The second-order valence-electron chi connectivity index (χ2n) is 4.91. The molecule has 21 heavy (non-hydrogen) atoms. The van der Waals surface area contributed by atoms with E-state index in [9.17, 15) is 0 Å². The standard InChI is InChI=1S/C15H14ClN5/c1-9-6-7-13(11(16)8-9)21-15(18-19-20-21)14-10(2)4-3-5-12(14)17/h3-8H,17H2,1-2H3. The van der Waals surface area contributed by atoms with E-state index < -0.39 is 0 Å². The van der Waals surface area contributed by atoms with Gasteiger partial charge in [0.25, 0.3) is 0 Å². The molecule has 2 aromatic carbocycles. The largest absolute Gasteiger partial charge is 0.398 e. The molecule has 2 N–H and O–H groups in total. The summed E-state index contributed by atoms with van der Waals surface area (Å²) in [5.74, 6) is 0.580. The van der Waals surface area contributed by atoms with E-state index in [1.165, 1.54) is 0 Å². The number of hydrogen-bond acceptors (Lipinski definition) is 4. The van der Waals surface area contributed by atoms with E-state index in [-0.39, 0.29) is 0 Å². The number of anilines is 1. The molecule has 1 heterocycles. The van der Waals surface area contributed by atoms with Crippen LogP contribution < -0.4 is 5.73 Å². The highest BCUT2D eigenvalue weighted by atomic mass is 35.5. The van der Waals surface area contributed by atoms with Gasteiger partial charge in [0.1, 0.15) is 0 Å². The number of tetrazole rings is 1. The lowest BCUT2D eigenvalue weighted by molar-refractivity contribution is 0.791. The van der Waals surface area contributed by atoms with Crippen LogP contribution in [0.4, 0.5) is 5.69 Å². The Labute approximate surface area is 127 Å². The lowest BCUT2D eigenvalue weighted by Crippen LogP contribution is -2.03. The van der Waals surface area contributed by atoms with E-state index in [0.29, 0.717) is 16.5 Å². The molecule has 0 bridgehead atoms. The van der Waals surface area contributed by atoms with Gasteiger partial charge < -0.3 is 5.73 Å². The van der Waals surface area contributed by atoms with Crippen LogP contribution in [-0.2, 0) is 0 Å². The molecule has 3 rings (SSSR count). The highest BCUT2D eigenvalue weighted by molar-refractivity contribution is 6.32. The van der Waals surface area contributed by atoms with Gasteiger partial charge >= 0.3 is 0 Å². The molecule has 0 atom stereocenters. The zero-order chi connectivity index (χ0) is 15.0. The van der Waals surface area contributed by atoms with Crippen LogP contribution in [0.25, 0.3) is 17.1 Å². The average Bonchev–Trinajstić information content (AvgIpc) is 2.87. The molecule has 0 saturated carbocycles. The number of nitrogen functional groups attached to an aromatic ring is 1. The van der Waals surface area contributed by atoms with Gasteiger partial charge in [-0.1, -0.05) is 29.8 Å². The van der Waals surface area contributed by atoms with Gasteiger partial charge in [-0.3, -0.25) is 0 Å². The van der Waals surface area contributed by atoms with Crippen molar-refractivity contribution in [2.24, 2.45) is 0 Å². The predicted molar refractivity (Wildman–Crippen MR) is 83.5 cm³/mol. The number of hydrogen-bond donors (Lipinski definition) is 1. The second-order valence-corrected chi connectivity index (χ2v) is 5.32. The first kappa shape index (κ1) is 13.6. The normalized spacial score (nSPS) is 10.8. The SMILES string of the molecule is Cc1ccc(-n2nnnc2-c2c(C)cccc2N)c(Cl)c1. The van der Waals surface area contributed by atoms with Crippen LogP contribution in [-0.4, -0.2) is 20.2 Å². The van der Waals surface area contributed by atoms with Crippen LogP contribution in [0.1, 0.15) is 11.1 Å². The van der Waals surface area contributed by atoms with Crippen molar-refractivity contribution in [1.82, 2.24) is 20.2 Å². The summed E-state index contributed by atoms with van der Waals surface area (Å²) < 4.78 is 1.61. The molecular formula is C15H14ClN5. The third-order valence-electron chi connectivity index (χ3n) is 3.33. The molecule has 6 heteroatoms. The molecular weight excluding hydrogens is 286 g/mol. The Morgan fingerprint density at radius 2 is 1.95 bits per heavy atom. The van der Waals surface area contributed by atoms with Crippen LogP contribution >= 0.6 is 11.6 Å². The first-order valence-corrected chi connectivity index (χ1v) is 6.86. The lowest BCUT2D eigenvalue weighted by Gasteiger charge is -2.11. The van der Waals surface area contributed by atoms with Gasteiger partial charge in [-0.2, -0.15) is 4.68 Å². The zero-order valence-corrected chi connectivity index (χ0v) is 12.5. The fourth-order valence-corrected chi connectivity index (χ4v) is 2.60. The Morgan fingerprint density at radius 3 is 2.67 bits per heavy atom. The minimum Gasteiger partial charge on any atom is -0.398 e. The van der Waals surface area contributed by atoms with Gasteiger partial charge in [-0.15, -0.1) is 5.10 Å². The van der Waals surface area contributed by atoms with Gasteiger partial charge in [-0.25, -0.2) is 0 Å². The highest BCUT2D eigenvalue weighted by Gasteiger charge is 2.17. The molecule has 0 unspecified atom stereocenters. The number of aryl methyl sites for hydroxylation is 2. The smallest absolute Gasteiger partial charge is 0.189 e. The summed E-state index contributed by atoms with van der Waals surface area (Å²) in [6.45, 7) is 3.96. The van der Waals surface area contributed by atoms with Crippen molar-refractivity contribution in [2.75, 3.05) is 5.73 Å². The minimum absolute atomic E-state index is 0.580. The Kier molecular flexibility index (Phi) is 3.35. The van der Waals surface area contributed by atoms with Crippen LogP contribution in [0.15, 0.2) is 36.4 Å². The van der Waals surface area contributed by atoms with Crippen molar-refractivity contribution >= 4 is 17.3 Å². The van der Waals surface area contributed by atoms with Crippen LogP contribution in [0.2, 0.25) is 5.02 Å². The van der Waals surface area contributed by atoms with Crippen molar-refractivity contribution in [3.8, 4) is 17.1 Å². The number of nitrogens with zero attached hydrogens (tertiary/aromatic N) is 4. The lowest BCUT2D eigenvalue weighted by atomic mass is 10.1. The fourth-order valence-electron chi connectivity index (χ4n) is 2.28. The van der Waals surface area contributed by atoms with E-state index in [1.807, 2.05) is 50.2 Å². The summed E-state index contributed by atoms with van der Waals surface area (Å²) in [6, 6.07) is 11.4. The molecule has 106 valence electrons. The van der Waals surface area contributed by atoms with Crippen molar-refractivity contribution in [3.63, 3.8) is 0 Å². The molecule has 3 aromatic rings. The third-order valence-corrected chi connectivity index (χ3v) is 3.63. The maximum Gasteiger partial charge on any atom is 0.189 e. The third kappa shape index (κ3) is 2.36. The molecule has 0 amide bonds. The zero-order valence-electron chi connectivity index (χ0n) is 11.7. The van der Waals surface area contributed by atoms with Crippen molar-refractivity contribution < 1.29 is 0 Å². The van der Waals surface area contributed by atoms with Gasteiger partial charge in [0.2, 0.25) is 0 Å². The molecule has 1 aromatic heterocycles. The first-order chi connectivity index (χ1) is 10.1. The number of rotatable bonds is 2. The Balaban J connectivity index is 2.22. The van der Waals surface area contributed by atoms with Gasteiger partial charge in [0.15, 0.2) is 5.82 Å². The summed E-state index contributed by atoms with van der Waals surface area (Å²) in [6.07, 6.45) is 0. The number of aromatic nitrogens is 4. The molecule has 0 spiro atoms. The van der Waals surface area contributed by atoms with Gasteiger partial charge in [0.05, 0.1) is 10.7 Å². The molecule has 0 aliphatic rings. The summed E-state index contributed by atoms with van der Waals surface area (Å²) in [5, 5.41) is 12.5. The quantitative estimate of drug-likeness (QED) is 0.738. The van der Waals surface area contributed by atoms with E-state index in [0.717, 1.165) is 22.4 Å². The summed E-state index contributed by atoms with van der Waals surface area (Å²) in [4.78, 5) is 0. The van der Waals surface area contributed by atoms with Crippen LogP contribution in [0.3, 0.4) is 0 Å². The molecule has 0 saturated heterocycles. The predicted octanol–water partition coefficient (Wildman–Crippen LogP) is 3.18. The second kappa shape index (κ2) is 5.18. The summed E-state index contributed by atoms with van der Waals surface area (Å²) >= 11 is 6.31. The Bertz CT molecular complexity index is 789. The van der Waals surface area contributed by atoms with E-state index in [4.69, 9.17) is 17.3 Å². The van der Waals surface area contributed by atoms with E-state index in [1.54, 1.807) is 4.68 Å². The maximum absolute atomic E-state index is 6.31. The maximum atomic E-state index is 6.31. The van der Waals surface area contributed by atoms with Gasteiger partial charge in [-0.05, 0) is 53.6 Å².